The molecule has 1 heterocycles. The number of fused-ring (bicyclic) bond motifs is 1. The van der Waals surface area contributed by atoms with Crippen molar-refractivity contribution in [1.82, 2.24) is 0 Å². The molecular weight excluding hydrogens is 290 g/mol. The van der Waals surface area contributed by atoms with Crippen molar-refractivity contribution in [3.63, 3.8) is 0 Å². The summed E-state index contributed by atoms with van der Waals surface area (Å²) in [4.78, 5) is 0.118. The Kier molecular flexibility index (Phi) is 2.49. The molecule has 2 rings (SSSR count). The minimum atomic E-state index is -3.67. The summed E-state index contributed by atoms with van der Waals surface area (Å²) in [5.41, 5.74) is 1.97. The van der Waals surface area contributed by atoms with E-state index < -0.39 is 9.05 Å². The molecule has 1 aliphatic rings. The van der Waals surface area contributed by atoms with Crippen LogP contribution in [0.2, 0.25) is 0 Å². The third kappa shape index (κ3) is 1.76. The second-order valence-electron chi connectivity index (χ2n) is 3.05. The topological polar surface area (TPSA) is 46.2 Å². The van der Waals surface area contributed by atoms with Crippen molar-refractivity contribution < 1.29 is 8.42 Å². The summed E-state index contributed by atoms with van der Waals surface area (Å²) in [7, 11) is 1.61. The molecule has 0 saturated heterocycles. The van der Waals surface area contributed by atoms with Crippen LogP contribution < -0.4 is 5.32 Å². The Labute approximate surface area is 95.0 Å². The fourth-order valence-corrected chi connectivity index (χ4v) is 3.73. The maximum absolute atomic E-state index is 11.2. The van der Waals surface area contributed by atoms with Gasteiger partial charge in [-0.3, -0.25) is 0 Å². The third-order valence-electron chi connectivity index (χ3n) is 2.13. The minimum Gasteiger partial charge on any atom is -0.384 e. The summed E-state index contributed by atoms with van der Waals surface area (Å²) in [5, 5.41) is 3.10. The number of hydrogen-bond acceptors (Lipinski definition) is 3. The predicted octanol–water partition coefficient (Wildman–Crippen LogP) is 2.34. The first-order valence-electron chi connectivity index (χ1n) is 3.99. The van der Waals surface area contributed by atoms with Crippen LogP contribution in [-0.4, -0.2) is 15.0 Å². The fraction of sp³-hybridized carbons (Fsp3) is 0.250. The molecule has 0 amide bonds. The highest BCUT2D eigenvalue weighted by Crippen LogP contribution is 2.33. The van der Waals surface area contributed by atoms with E-state index in [-0.39, 0.29) is 4.90 Å². The Morgan fingerprint density at radius 2 is 2.14 bits per heavy atom. The third-order valence-corrected chi connectivity index (χ3v) is 4.41. The monoisotopic (exact) mass is 295 g/mol. The van der Waals surface area contributed by atoms with E-state index in [4.69, 9.17) is 10.7 Å². The summed E-state index contributed by atoms with van der Waals surface area (Å²) >= 11 is 3.19. The Hall–Kier alpha value is -0.260. The number of anilines is 1. The molecule has 14 heavy (non-hydrogen) atoms. The second kappa shape index (κ2) is 3.40. The molecule has 1 N–H and O–H groups in total. The molecule has 3 nitrogen and oxygen atoms in total. The van der Waals surface area contributed by atoms with Crippen LogP contribution >= 0.6 is 26.6 Å². The van der Waals surface area contributed by atoms with Crippen LogP contribution in [0.25, 0.3) is 0 Å². The van der Waals surface area contributed by atoms with E-state index in [9.17, 15) is 8.42 Å². The molecule has 0 spiro atoms. The Morgan fingerprint density at radius 1 is 1.43 bits per heavy atom. The van der Waals surface area contributed by atoms with Gasteiger partial charge >= 0.3 is 0 Å². The highest BCUT2D eigenvalue weighted by Gasteiger charge is 2.19. The maximum atomic E-state index is 11.2. The van der Waals surface area contributed by atoms with Crippen molar-refractivity contribution in [3.05, 3.63) is 22.2 Å². The van der Waals surface area contributed by atoms with E-state index in [2.05, 4.69) is 21.2 Å². The normalized spacial score (nSPS) is 15.0. The lowest BCUT2D eigenvalue weighted by Crippen LogP contribution is -1.95. The summed E-state index contributed by atoms with van der Waals surface area (Å²) in [6.07, 6.45) is 0.913. The maximum Gasteiger partial charge on any atom is 0.262 e. The van der Waals surface area contributed by atoms with Crippen molar-refractivity contribution in [2.24, 2.45) is 0 Å². The van der Waals surface area contributed by atoms with Crippen molar-refractivity contribution in [2.45, 2.75) is 11.3 Å². The van der Waals surface area contributed by atoms with Crippen molar-refractivity contribution in [2.75, 3.05) is 11.9 Å². The molecule has 0 unspecified atom stereocenters. The lowest BCUT2D eigenvalue weighted by molar-refractivity contribution is 0.609. The summed E-state index contributed by atoms with van der Waals surface area (Å²) in [5.74, 6) is 0. The van der Waals surface area contributed by atoms with Crippen LogP contribution in [0.3, 0.4) is 0 Å². The Morgan fingerprint density at radius 3 is 2.79 bits per heavy atom. The van der Waals surface area contributed by atoms with Crippen molar-refractivity contribution in [1.29, 1.82) is 0 Å². The molecule has 76 valence electrons. The SMILES string of the molecule is O=S(=O)(Cl)c1cc2c(cc1Br)CCN2. The number of rotatable bonds is 1. The van der Waals surface area contributed by atoms with E-state index in [1.807, 2.05) is 0 Å². The zero-order chi connectivity index (χ0) is 10.3. The molecule has 1 aromatic carbocycles. The smallest absolute Gasteiger partial charge is 0.262 e. The van der Waals surface area contributed by atoms with Crippen LogP contribution in [0.5, 0.6) is 0 Å². The number of halogens is 2. The molecule has 0 radical (unpaired) electrons. The molecular formula is C8H7BrClNO2S. The number of benzene rings is 1. The average Bonchev–Trinajstić information content (AvgIpc) is 2.47. The van der Waals surface area contributed by atoms with Crippen LogP contribution in [0, 0.1) is 0 Å². The van der Waals surface area contributed by atoms with Gasteiger partial charge in [0, 0.05) is 27.4 Å². The molecule has 0 aromatic heterocycles. The van der Waals surface area contributed by atoms with E-state index in [1.54, 1.807) is 12.1 Å². The zero-order valence-electron chi connectivity index (χ0n) is 7.05. The molecule has 0 bridgehead atoms. The largest absolute Gasteiger partial charge is 0.384 e. The van der Waals surface area contributed by atoms with Gasteiger partial charge in [-0.2, -0.15) is 0 Å². The van der Waals surface area contributed by atoms with Gasteiger partial charge in [-0.15, -0.1) is 0 Å². The van der Waals surface area contributed by atoms with Gasteiger partial charge in [0.2, 0.25) is 0 Å². The summed E-state index contributed by atoms with van der Waals surface area (Å²) in [6, 6.07) is 3.36. The first-order valence-corrected chi connectivity index (χ1v) is 7.09. The molecule has 0 aliphatic carbocycles. The zero-order valence-corrected chi connectivity index (χ0v) is 10.2. The van der Waals surface area contributed by atoms with E-state index in [0.29, 0.717) is 4.47 Å². The lowest BCUT2D eigenvalue weighted by Gasteiger charge is -2.04. The van der Waals surface area contributed by atoms with Gasteiger partial charge in [-0.05, 0) is 40.0 Å². The van der Waals surface area contributed by atoms with Gasteiger partial charge in [-0.1, -0.05) is 0 Å². The predicted molar refractivity (Wildman–Crippen MR) is 59.4 cm³/mol. The van der Waals surface area contributed by atoms with Gasteiger partial charge in [0.1, 0.15) is 0 Å². The summed E-state index contributed by atoms with van der Waals surface area (Å²) < 4.78 is 22.8. The second-order valence-corrected chi connectivity index (χ2v) is 6.44. The van der Waals surface area contributed by atoms with Crippen molar-refractivity contribution >= 4 is 41.4 Å². The van der Waals surface area contributed by atoms with Crippen LogP contribution in [-0.2, 0) is 15.5 Å². The average molecular weight is 297 g/mol. The number of nitrogens with one attached hydrogen (secondary N) is 1. The van der Waals surface area contributed by atoms with Crippen LogP contribution in [0.15, 0.2) is 21.5 Å². The van der Waals surface area contributed by atoms with Gasteiger partial charge in [0.25, 0.3) is 9.05 Å². The Balaban J connectivity index is 2.65. The molecule has 1 aliphatic heterocycles. The molecule has 1 aromatic rings. The summed E-state index contributed by atoms with van der Waals surface area (Å²) in [6.45, 7) is 0.841. The minimum absolute atomic E-state index is 0.118. The lowest BCUT2D eigenvalue weighted by atomic mass is 10.2. The quantitative estimate of drug-likeness (QED) is 0.809. The standard InChI is InChI=1S/C8H7BrClNO2S/c9-6-3-5-1-2-11-7(5)4-8(6)14(10,12)13/h3-4,11H,1-2H2. The fourth-order valence-electron chi connectivity index (χ4n) is 1.48. The highest BCUT2D eigenvalue weighted by molar-refractivity contribution is 9.10. The number of hydrogen-bond donors (Lipinski definition) is 1. The first kappa shape index (κ1) is 10.3. The van der Waals surface area contributed by atoms with Crippen LogP contribution in [0.4, 0.5) is 5.69 Å². The highest BCUT2D eigenvalue weighted by atomic mass is 79.9. The molecule has 6 heteroatoms. The first-order chi connectivity index (χ1) is 6.48. The van der Waals surface area contributed by atoms with E-state index in [0.717, 1.165) is 24.2 Å². The van der Waals surface area contributed by atoms with Gasteiger partial charge in [-0.25, -0.2) is 8.42 Å². The van der Waals surface area contributed by atoms with E-state index in [1.165, 1.54) is 0 Å². The van der Waals surface area contributed by atoms with Crippen molar-refractivity contribution in [3.8, 4) is 0 Å². The van der Waals surface area contributed by atoms with Gasteiger partial charge in [0.05, 0.1) is 4.90 Å². The van der Waals surface area contributed by atoms with Gasteiger partial charge < -0.3 is 5.32 Å². The van der Waals surface area contributed by atoms with Crippen LogP contribution in [0.1, 0.15) is 5.56 Å². The van der Waals surface area contributed by atoms with E-state index >= 15 is 0 Å². The Bertz CT molecular complexity index is 486. The molecule has 0 saturated carbocycles. The van der Waals surface area contributed by atoms with Gasteiger partial charge in [0.15, 0.2) is 0 Å². The molecule has 0 fully saturated rings. The molecule has 0 atom stereocenters.